The first-order valence-corrected chi connectivity index (χ1v) is 9.16. The van der Waals surface area contributed by atoms with E-state index in [1.807, 2.05) is 0 Å². The van der Waals surface area contributed by atoms with Crippen LogP contribution < -0.4 is 10.0 Å². The molecule has 0 spiro atoms. The van der Waals surface area contributed by atoms with E-state index in [1.165, 1.54) is 23.5 Å². The number of rotatable bonds is 5. The Labute approximate surface area is 132 Å². The fraction of sp³-hybridized carbons (Fsp3) is 0.286. The Morgan fingerprint density at radius 1 is 1.36 bits per heavy atom. The first kappa shape index (κ1) is 15.1. The molecular weight excluding hydrogens is 322 g/mol. The number of sulfonamides is 1. The number of benzene rings is 1. The minimum Gasteiger partial charge on any atom is -0.298 e. The van der Waals surface area contributed by atoms with Crippen LogP contribution in [0.4, 0.5) is 5.13 Å². The number of nitrogens with one attached hydrogen (secondary N) is 2. The van der Waals surface area contributed by atoms with Crippen LogP contribution in [-0.4, -0.2) is 25.4 Å². The van der Waals surface area contributed by atoms with Gasteiger partial charge in [-0.15, -0.1) is 11.3 Å². The Morgan fingerprint density at radius 2 is 2.14 bits per heavy atom. The quantitative estimate of drug-likeness (QED) is 0.875. The van der Waals surface area contributed by atoms with Crippen LogP contribution in [0.15, 0.2) is 34.7 Å². The molecule has 2 aromatic rings. The first-order chi connectivity index (χ1) is 10.5. The molecule has 1 fully saturated rings. The molecule has 0 radical (unpaired) electrons. The summed E-state index contributed by atoms with van der Waals surface area (Å²) in [6.45, 7) is 1.77. The Bertz CT molecular complexity index is 797. The summed E-state index contributed by atoms with van der Waals surface area (Å²) in [6, 6.07) is 4.58. The highest BCUT2D eigenvalue weighted by Crippen LogP contribution is 2.23. The van der Waals surface area contributed by atoms with Gasteiger partial charge < -0.3 is 0 Å². The number of nitrogens with zero attached hydrogens (tertiary/aromatic N) is 1. The molecule has 1 heterocycles. The third-order valence-electron chi connectivity index (χ3n) is 3.32. The van der Waals surface area contributed by atoms with Crippen molar-refractivity contribution in [2.75, 3.05) is 5.32 Å². The lowest BCUT2D eigenvalue weighted by atomic mass is 10.1. The number of aryl methyl sites for hydroxylation is 1. The third kappa shape index (κ3) is 3.34. The number of carbonyl (C=O) groups excluding carboxylic acids is 1. The highest BCUT2D eigenvalue weighted by Gasteiger charge is 2.28. The van der Waals surface area contributed by atoms with Gasteiger partial charge in [0.15, 0.2) is 5.13 Å². The third-order valence-corrected chi connectivity index (χ3v) is 5.52. The lowest BCUT2D eigenvalue weighted by molar-refractivity contribution is 0.102. The van der Waals surface area contributed by atoms with Crippen molar-refractivity contribution >= 4 is 32.4 Å². The van der Waals surface area contributed by atoms with Crippen LogP contribution in [0.3, 0.4) is 0 Å². The van der Waals surface area contributed by atoms with Crippen molar-refractivity contribution < 1.29 is 13.2 Å². The van der Waals surface area contributed by atoms with E-state index in [-0.39, 0.29) is 16.8 Å². The molecule has 0 aliphatic heterocycles. The van der Waals surface area contributed by atoms with Crippen LogP contribution in [0.1, 0.15) is 28.8 Å². The van der Waals surface area contributed by atoms with E-state index < -0.39 is 10.0 Å². The summed E-state index contributed by atoms with van der Waals surface area (Å²) in [4.78, 5) is 16.4. The summed E-state index contributed by atoms with van der Waals surface area (Å²) in [5.74, 6) is -0.365. The number of hydrogen-bond acceptors (Lipinski definition) is 5. The fourth-order valence-electron chi connectivity index (χ4n) is 1.95. The smallest absolute Gasteiger partial charge is 0.257 e. The monoisotopic (exact) mass is 337 g/mol. The van der Waals surface area contributed by atoms with Gasteiger partial charge in [-0.2, -0.15) is 0 Å². The van der Waals surface area contributed by atoms with Gasteiger partial charge >= 0.3 is 0 Å². The SMILES string of the molecule is Cc1ccc(S(=O)(=O)NC2CC2)cc1C(=O)Nc1nccs1. The van der Waals surface area contributed by atoms with Crippen molar-refractivity contribution in [1.82, 2.24) is 9.71 Å². The second kappa shape index (κ2) is 5.79. The molecule has 2 N–H and O–H groups in total. The lowest BCUT2D eigenvalue weighted by Crippen LogP contribution is -2.26. The Kier molecular flexibility index (Phi) is 3.98. The Balaban J connectivity index is 1.87. The van der Waals surface area contributed by atoms with E-state index in [4.69, 9.17) is 0 Å². The van der Waals surface area contributed by atoms with Gasteiger partial charge in [-0.3, -0.25) is 10.1 Å². The molecule has 3 rings (SSSR count). The van der Waals surface area contributed by atoms with Gasteiger partial charge in [-0.25, -0.2) is 18.1 Å². The Hall–Kier alpha value is -1.77. The predicted molar refractivity (Wildman–Crippen MR) is 84.6 cm³/mol. The topological polar surface area (TPSA) is 88.2 Å². The number of anilines is 1. The number of thiazole rings is 1. The van der Waals surface area contributed by atoms with Crippen LogP contribution in [0.25, 0.3) is 0 Å². The molecule has 6 nitrogen and oxygen atoms in total. The van der Waals surface area contributed by atoms with Crippen molar-refractivity contribution in [3.63, 3.8) is 0 Å². The maximum atomic E-state index is 12.3. The molecule has 22 heavy (non-hydrogen) atoms. The van der Waals surface area contributed by atoms with Gasteiger partial charge in [-0.05, 0) is 37.5 Å². The largest absolute Gasteiger partial charge is 0.298 e. The summed E-state index contributed by atoms with van der Waals surface area (Å²) in [5.41, 5.74) is 1.04. The zero-order valence-corrected chi connectivity index (χ0v) is 13.5. The molecule has 8 heteroatoms. The lowest BCUT2D eigenvalue weighted by Gasteiger charge is -2.10. The van der Waals surface area contributed by atoms with Gasteiger partial charge in [0.2, 0.25) is 10.0 Å². The standard InChI is InChI=1S/C14H15N3O3S2/c1-9-2-5-11(22(19,20)17-10-3-4-10)8-12(9)13(18)16-14-15-6-7-21-14/h2,5-8,10,17H,3-4H2,1H3,(H,15,16,18). The van der Waals surface area contributed by atoms with E-state index in [2.05, 4.69) is 15.0 Å². The van der Waals surface area contributed by atoms with E-state index in [9.17, 15) is 13.2 Å². The maximum absolute atomic E-state index is 12.3. The second-order valence-electron chi connectivity index (χ2n) is 5.16. The van der Waals surface area contributed by atoms with Crippen LogP contribution in [0.5, 0.6) is 0 Å². The van der Waals surface area contributed by atoms with Gasteiger partial charge in [0.25, 0.3) is 5.91 Å². The van der Waals surface area contributed by atoms with E-state index >= 15 is 0 Å². The molecule has 0 bridgehead atoms. The molecule has 1 aliphatic rings. The average Bonchev–Trinajstić information content (AvgIpc) is 3.11. The summed E-state index contributed by atoms with van der Waals surface area (Å²) in [5, 5.41) is 4.90. The minimum absolute atomic E-state index is 0.0268. The van der Waals surface area contributed by atoms with E-state index in [1.54, 1.807) is 24.6 Å². The van der Waals surface area contributed by atoms with Gasteiger partial charge in [-0.1, -0.05) is 6.07 Å². The zero-order valence-electron chi connectivity index (χ0n) is 11.9. The van der Waals surface area contributed by atoms with Crippen LogP contribution in [0.2, 0.25) is 0 Å². The number of hydrogen-bond donors (Lipinski definition) is 2. The highest BCUT2D eigenvalue weighted by atomic mass is 32.2. The van der Waals surface area contributed by atoms with Crippen molar-refractivity contribution in [2.45, 2.75) is 30.7 Å². The van der Waals surface area contributed by atoms with Gasteiger partial charge in [0.1, 0.15) is 0 Å². The van der Waals surface area contributed by atoms with Crippen LogP contribution >= 0.6 is 11.3 Å². The number of aromatic nitrogens is 1. The molecule has 0 atom stereocenters. The summed E-state index contributed by atoms with van der Waals surface area (Å²) >= 11 is 1.30. The van der Waals surface area contributed by atoms with E-state index in [0.717, 1.165) is 12.8 Å². The molecule has 116 valence electrons. The van der Waals surface area contributed by atoms with Crippen LogP contribution in [0, 0.1) is 6.92 Å². The average molecular weight is 337 g/mol. The normalized spacial score (nSPS) is 14.8. The molecule has 1 saturated carbocycles. The predicted octanol–water partition coefficient (Wildman–Crippen LogP) is 2.14. The Morgan fingerprint density at radius 3 is 2.77 bits per heavy atom. The summed E-state index contributed by atoms with van der Waals surface area (Å²) < 4.78 is 27.1. The number of amides is 1. The fourth-order valence-corrected chi connectivity index (χ4v) is 3.81. The molecule has 1 aliphatic carbocycles. The minimum atomic E-state index is -3.57. The van der Waals surface area contributed by atoms with Crippen LogP contribution in [-0.2, 0) is 10.0 Å². The van der Waals surface area contributed by atoms with Gasteiger partial charge in [0, 0.05) is 23.2 Å². The summed E-state index contributed by atoms with van der Waals surface area (Å²) in [7, 11) is -3.57. The number of carbonyl (C=O) groups is 1. The van der Waals surface area contributed by atoms with E-state index in [0.29, 0.717) is 16.3 Å². The molecule has 1 aromatic heterocycles. The molecule has 1 aromatic carbocycles. The zero-order chi connectivity index (χ0) is 15.7. The van der Waals surface area contributed by atoms with Crippen molar-refractivity contribution in [2.24, 2.45) is 0 Å². The second-order valence-corrected chi connectivity index (χ2v) is 7.77. The van der Waals surface area contributed by atoms with Crippen molar-refractivity contribution in [3.05, 3.63) is 40.9 Å². The van der Waals surface area contributed by atoms with Crippen molar-refractivity contribution in [1.29, 1.82) is 0 Å². The first-order valence-electron chi connectivity index (χ1n) is 6.79. The molecule has 1 amide bonds. The summed E-state index contributed by atoms with van der Waals surface area (Å²) in [6.07, 6.45) is 3.32. The molecular formula is C14H15N3O3S2. The maximum Gasteiger partial charge on any atom is 0.257 e. The van der Waals surface area contributed by atoms with Gasteiger partial charge in [0.05, 0.1) is 4.90 Å². The van der Waals surface area contributed by atoms with Crippen molar-refractivity contribution in [3.8, 4) is 0 Å². The molecule has 0 unspecified atom stereocenters. The molecule has 0 saturated heterocycles. The highest BCUT2D eigenvalue weighted by molar-refractivity contribution is 7.89.